The fraction of sp³-hybridized carbons (Fsp3) is 0.867. The minimum Gasteiger partial charge on any atom is -0.481 e. The first-order chi connectivity index (χ1) is 9.61. The second-order valence-corrected chi connectivity index (χ2v) is 6.10. The maximum Gasteiger partial charge on any atom is 0.319 e. The van der Waals surface area contributed by atoms with Crippen molar-refractivity contribution in [1.29, 1.82) is 0 Å². The van der Waals surface area contributed by atoms with Crippen LogP contribution in [0.1, 0.15) is 45.4 Å². The molecule has 0 radical (unpaired) electrons. The zero-order chi connectivity index (χ0) is 14.5. The maximum atomic E-state index is 12.4. The van der Waals surface area contributed by atoms with E-state index in [9.17, 15) is 9.59 Å². The number of rotatable bonds is 3. The number of aliphatic carboxylic acids is 1. The highest BCUT2D eigenvalue weighted by Gasteiger charge is 2.30. The van der Waals surface area contributed by atoms with E-state index in [1.165, 1.54) is 12.8 Å². The number of nitrogens with zero attached hydrogens (tertiary/aromatic N) is 2. The van der Waals surface area contributed by atoms with Crippen molar-refractivity contribution in [2.45, 2.75) is 45.4 Å². The molecular formula is C15H26N2O3. The summed E-state index contributed by atoms with van der Waals surface area (Å²) in [5.74, 6) is -0.214. The average Bonchev–Trinajstić information content (AvgIpc) is 2.48. The van der Waals surface area contributed by atoms with Gasteiger partial charge in [-0.2, -0.15) is 0 Å². The molecule has 5 nitrogen and oxygen atoms in total. The number of carbonyl (C=O) groups excluding carboxylic acids is 1. The minimum absolute atomic E-state index is 0.115. The van der Waals surface area contributed by atoms with Gasteiger partial charge in [-0.1, -0.05) is 19.8 Å². The van der Waals surface area contributed by atoms with Crippen LogP contribution in [0.2, 0.25) is 0 Å². The molecule has 0 atom stereocenters. The van der Waals surface area contributed by atoms with E-state index in [1.54, 1.807) is 0 Å². The second-order valence-electron chi connectivity index (χ2n) is 6.10. The third-order valence-corrected chi connectivity index (χ3v) is 4.70. The monoisotopic (exact) mass is 282 g/mol. The Morgan fingerprint density at radius 2 is 1.50 bits per heavy atom. The first-order valence-corrected chi connectivity index (χ1v) is 7.88. The summed E-state index contributed by atoms with van der Waals surface area (Å²) in [5, 5.41) is 8.98. The Morgan fingerprint density at radius 1 is 1.00 bits per heavy atom. The van der Waals surface area contributed by atoms with Crippen LogP contribution in [0.15, 0.2) is 0 Å². The third kappa shape index (κ3) is 3.64. The quantitative estimate of drug-likeness (QED) is 0.864. The number of likely N-dealkylation sites (tertiary alicyclic amines) is 2. The molecule has 0 spiro atoms. The first kappa shape index (κ1) is 15.1. The zero-order valence-corrected chi connectivity index (χ0v) is 12.4. The number of carboxylic acids is 1. The molecule has 2 amide bonds. The molecule has 0 aromatic rings. The molecule has 114 valence electrons. The van der Waals surface area contributed by atoms with Gasteiger partial charge in [-0.3, -0.25) is 4.79 Å². The maximum absolute atomic E-state index is 12.4. The third-order valence-electron chi connectivity index (χ3n) is 4.70. The molecule has 0 saturated carbocycles. The second kappa shape index (κ2) is 6.95. The molecule has 5 heteroatoms. The van der Waals surface area contributed by atoms with Crippen molar-refractivity contribution < 1.29 is 14.7 Å². The van der Waals surface area contributed by atoms with Crippen molar-refractivity contribution >= 4 is 12.0 Å². The van der Waals surface area contributed by atoms with Crippen molar-refractivity contribution in [3.63, 3.8) is 0 Å². The Labute approximate surface area is 120 Å². The van der Waals surface area contributed by atoms with E-state index in [2.05, 4.69) is 6.92 Å². The summed E-state index contributed by atoms with van der Waals surface area (Å²) >= 11 is 0. The lowest BCUT2D eigenvalue weighted by Gasteiger charge is -2.38. The Balaban J connectivity index is 1.77. The summed E-state index contributed by atoms with van der Waals surface area (Å²) in [4.78, 5) is 27.1. The number of hydrogen-bond donors (Lipinski definition) is 1. The molecule has 1 N–H and O–H groups in total. The van der Waals surface area contributed by atoms with Crippen LogP contribution in [0.5, 0.6) is 0 Å². The molecule has 0 bridgehead atoms. The molecule has 0 aromatic carbocycles. The molecule has 0 aliphatic carbocycles. The fourth-order valence-corrected chi connectivity index (χ4v) is 3.34. The topological polar surface area (TPSA) is 60.9 Å². The summed E-state index contributed by atoms with van der Waals surface area (Å²) in [5.41, 5.74) is 0. The van der Waals surface area contributed by atoms with Gasteiger partial charge in [0.25, 0.3) is 0 Å². The molecule has 20 heavy (non-hydrogen) atoms. The Hall–Kier alpha value is -1.26. The van der Waals surface area contributed by atoms with Crippen LogP contribution in [0.25, 0.3) is 0 Å². The molecule has 0 unspecified atom stereocenters. The molecule has 2 fully saturated rings. The van der Waals surface area contributed by atoms with E-state index < -0.39 is 5.97 Å². The van der Waals surface area contributed by atoms with Gasteiger partial charge in [-0.25, -0.2) is 4.79 Å². The summed E-state index contributed by atoms with van der Waals surface area (Å²) in [7, 11) is 0. The van der Waals surface area contributed by atoms with Crippen molar-refractivity contribution in [3.8, 4) is 0 Å². The van der Waals surface area contributed by atoms with E-state index in [4.69, 9.17) is 5.11 Å². The van der Waals surface area contributed by atoms with Gasteiger partial charge in [-0.05, 0) is 31.6 Å². The molecule has 2 aliphatic rings. The smallest absolute Gasteiger partial charge is 0.319 e. The standard InChI is InChI=1S/C15H26N2O3/c1-2-3-12-4-8-16(9-5-12)15(20)17-10-6-13(7-11-17)14(18)19/h12-13H,2-11H2,1H3,(H,18,19). The lowest BCUT2D eigenvalue weighted by molar-refractivity contribution is -0.143. The van der Waals surface area contributed by atoms with Crippen LogP contribution in [-0.4, -0.2) is 53.1 Å². The molecule has 2 aliphatic heterocycles. The van der Waals surface area contributed by atoms with Gasteiger partial charge < -0.3 is 14.9 Å². The summed E-state index contributed by atoms with van der Waals surface area (Å²) in [6.45, 7) is 5.12. The normalized spacial score (nSPS) is 22.1. The summed E-state index contributed by atoms with van der Waals surface area (Å²) in [6.07, 6.45) is 5.91. The van der Waals surface area contributed by atoms with Crippen molar-refractivity contribution in [2.24, 2.45) is 11.8 Å². The number of piperidine rings is 2. The fourth-order valence-electron chi connectivity index (χ4n) is 3.34. The lowest BCUT2D eigenvalue weighted by atomic mass is 9.92. The minimum atomic E-state index is -0.725. The number of carboxylic acid groups (broad SMARTS) is 1. The highest BCUT2D eigenvalue weighted by molar-refractivity contribution is 5.75. The highest BCUT2D eigenvalue weighted by atomic mass is 16.4. The van der Waals surface area contributed by atoms with E-state index in [1.807, 2.05) is 9.80 Å². The van der Waals surface area contributed by atoms with Crippen LogP contribution in [0.4, 0.5) is 4.79 Å². The number of hydrogen-bond acceptors (Lipinski definition) is 2. The van der Waals surface area contributed by atoms with E-state index >= 15 is 0 Å². The molecule has 2 heterocycles. The average molecular weight is 282 g/mol. The van der Waals surface area contributed by atoms with Gasteiger partial charge in [0.15, 0.2) is 0 Å². The zero-order valence-electron chi connectivity index (χ0n) is 12.4. The van der Waals surface area contributed by atoms with Gasteiger partial charge >= 0.3 is 12.0 Å². The van der Waals surface area contributed by atoms with E-state index in [0.29, 0.717) is 25.9 Å². The van der Waals surface area contributed by atoms with Crippen LogP contribution in [0, 0.1) is 11.8 Å². The van der Waals surface area contributed by atoms with Crippen LogP contribution in [-0.2, 0) is 4.79 Å². The van der Waals surface area contributed by atoms with Crippen molar-refractivity contribution in [2.75, 3.05) is 26.2 Å². The number of urea groups is 1. The van der Waals surface area contributed by atoms with Gasteiger partial charge in [0.2, 0.25) is 0 Å². The van der Waals surface area contributed by atoms with Crippen LogP contribution >= 0.6 is 0 Å². The van der Waals surface area contributed by atoms with Gasteiger partial charge in [0, 0.05) is 26.2 Å². The largest absolute Gasteiger partial charge is 0.481 e. The molecule has 0 aromatic heterocycles. The van der Waals surface area contributed by atoms with Crippen molar-refractivity contribution in [3.05, 3.63) is 0 Å². The number of amides is 2. The van der Waals surface area contributed by atoms with Crippen LogP contribution in [0.3, 0.4) is 0 Å². The van der Waals surface area contributed by atoms with Crippen LogP contribution < -0.4 is 0 Å². The first-order valence-electron chi connectivity index (χ1n) is 7.88. The Morgan fingerprint density at radius 3 is 1.95 bits per heavy atom. The predicted octanol–water partition coefficient (Wildman–Crippen LogP) is 2.42. The SMILES string of the molecule is CCCC1CCN(C(=O)N2CCC(C(=O)O)CC2)CC1. The molecular weight excluding hydrogens is 256 g/mol. The summed E-state index contributed by atoms with van der Waals surface area (Å²) in [6, 6.07) is 0.115. The van der Waals surface area contributed by atoms with Crippen molar-refractivity contribution in [1.82, 2.24) is 9.80 Å². The highest BCUT2D eigenvalue weighted by Crippen LogP contribution is 2.24. The number of carbonyl (C=O) groups is 2. The van der Waals surface area contributed by atoms with E-state index in [0.717, 1.165) is 31.8 Å². The Kier molecular flexibility index (Phi) is 5.26. The van der Waals surface area contributed by atoms with E-state index in [-0.39, 0.29) is 11.9 Å². The molecule has 2 rings (SSSR count). The van der Waals surface area contributed by atoms with Gasteiger partial charge in [0.05, 0.1) is 5.92 Å². The Bertz CT molecular complexity index is 343. The molecule has 2 saturated heterocycles. The predicted molar refractivity (Wildman–Crippen MR) is 76.5 cm³/mol. The lowest BCUT2D eigenvalue weighted by Crippen LogP contribution is -2.49. The van der Waals surface area contributed by atoms with Gasteiger partial charge in [-0.15, -0.1) is 0 Å². The summed E-state index contributed by atoms with van der Waals surface area (Å²) < 4.78 is 0. The van der Waals surface area contributed by atoms with Gasteiger partial charge in [0.1, 0.15) is 0 Å².